The van der Waals surface area contributed by atoms with Crippen molar-refractivity contribution in [1.82, 2.24) is 9.97 Å². The van der Waals surface area contributed by atoms with Gasteiger partial charge in [-0.15, -0.1) is 0 Å². The van der Waals surface area contributed by atoms with Crippen LogP contribution < -0.4 is 15.5 Å². The lowest BCUT2D eigenvalue weighted by molar-refractivity contribution is 0.0600. The molecule has 182 valence electrons. The second-order valence-corrected chi connectivity index (χ2v) is 8.01. The fraction of sp³-hybridized carbons (Fsp3) is 0.0769. The number of nitrogens with zero attached hydrogens (tertiary/aromatic N) is 3. The van der Waals surface area contributed by atoms with E-state index in [-0.39, 0.29) is 17.7 Å². The van der Waals surface area contributed by atoms with E-state index in [4.69, 9.17) is 11.6 Å². The molecule has 36 heavy (non-hydrogen) atoms. The first-order valence-corrected chi connectivity index (χ1v) is 11.1. The van der Waals surface area contributed by atoms with Gasteiger partial charge in [0.15, 0.2) is 11.6 Å². The Bertz CT molecular complexity index is 1400. The summed E-state index contributed by atoms with van der Waals surface area (Å²) in [5, 5.41) is 6.18. The molecule has 1 aromatic heterocycles. The smallest absolute Gasteiger partial charge is 0.337 e. The molecule has 3 aromatic carbocycles. The molecule has 1 heterocycles. The largest absolute Gasteiger partial charge is 0.465 e. The summed E-state index contributed by atoms with van der Waals surface area (Å²) in [6.07, 6.45) is 1.06. The molecule has 1 amide bonds. The Kier molecular flexibility index (Phi) is 7.41. The lowest BCUT2D eigenvalue weighted by atomic mass is 10.1. The number of methoxy groups -OCH3 is 1. The van der Waals surface area contributed by atoms with Crippen molar-refractivity contribution in [2.24, 2.45) is 0 Å². The van der Waals surface area contributed by atoms with E-state index in [1.54, 1.807) is 79.8 Å². The highest BCUT2D eigenvalue weighted by Crippen LogP contribution is 2.27. The average Bonchev–Trinajstić information content (AvgIpc) is 2.90. The number of benzene rings is 3. The third kappa shape index (κ3) is 5.59. The van der Waals surface area contributed by atoms with Crippen LogP contribution in [0.3, 0.4) is 0 Å². The number of ether oxygens (including phenoxy) is 1. The molecule has 0 aliphatic rings. The lowest BCUT2D eigenvalue weighted by Crippen LogP contribution is -2.16. The fourth-order valence-electron chi connectivity index (χ4n) is 3.31. The highest BCUT2D eigenvalue weighted by atomic mass is 35.5. The Morgan fingerprint density at radius 2 is 1.64 bits per heavy atom. The quantitative estimate of drug-likeness (QED) is 0.305. The second kappa shape index (κ2) is 10.8. The first-order valence-electron chi connectivity index (χ1n) is 10.7. The molecule has 0 aliphatic heterocycles. The third-order valence-electron chi connectivity index (χ3n) is 5.24. The van der Waals surface area contributed by atoms with Gasteiger partial charge in [-0.1, -0.05) is 23.7 Å². The monoisotopic (exact) mass is 505 g/mol. The molecule has 0 fully saturated rings. The van der Waals surface area contributed by atoms with Crippen LogP contribution in [-0.2, 0) is 4.74 Å². The number of carbonyl (C=O) groups is 2. The highest BCUT2D eigenvalue weighted by Gasteiger charge is 2.15. The van der Waals surface area contributed by atoms with E-state index in [1.165, 1.54) is 12.0 Å². The summed E-state index contributed by atoms with van der Waals surface area (Å²) >= 11 is 6.10. The average molecular weight is 506 g/mol. The standard InChI is InChI=1S/C26H21ClFN5O3/c1-33(19-13-9-16(10-14-19)24(34)31-22-6-4-3-5-20(22)27)23-21(28)15-29-26(32-23)30-18-11-7-17(8-12-18)25(35)36-2/h3-15H,1-2H3,(H,31,34)(H,29,30,32). The van der Waals surface area contributed by atoms with Crippen molar-refractivity contribution >= 4 is 52.3 Å². The van der Waals surface area contributed by atoms with Crippen molar-refractivity contribution in [3.8, 4) is 0 Å². The van der Waals surface area contributed by atoms with Gasteiger partial charge in [0, 0.05) is 24.0 Å². The van der Waals surface area contributed by atoms with Crippen LogP contribution in [0.5, 0.6) is 0 Å². The number of hydrogen-bond donors (Lipinski definition) is 2. The molecule has 4 aromatic rings. The molecular formula is C26H21ClFN5O3. The first kappa shape index (κ1) is 24.6. The van der Waals surface area contributed by atoms with Gasteiger partial charge >= 0.3 is 5.97 Å². The van der Waals surface area contributed by atoms with Crippen LogP contribution >= 0.6 is 11.6 Å². The van der Waals surface area contributed by atoms with Gasteiger partial charge in [-0.2, -0.15) is 4.98 Å². The Morgan fingerprint density at radius 3 is 2.31 bits per heavy atom. The molecule has 4 rings (SSSR count). The number of para-hydroxylation sites is 1. The summed E-state index contributed by atoms with van der Waals surface area (Å²) in [4.78, 5) is 34.0. The second-order valence-electron chi connectivity index (χ2n) is 7.60. The van der Waals surface area contributed by atoms with E-state index < -0.39 is 11.8 Å². The summed E-state index contributed by atoms with van der Waals surface area (Å²) in [6, 6.07) is 20.1. The molecule has 0 radical (unpaired) electrons. The zero-order chi connectivity index (χ0) is 25.7. The predicted molar refractivity (Wildman–Crippen MR) is 137 cm³/mol. The molecule has 0 aliphatic carbocycles. The van der Waals surface area contributed by atoms with Crippen molar-refractivity contribution in [2.45, 2.75) is 0 Å². The van der Waals surface area contributed by atoms with E-state index >= 15 is 0 Å². The Morgan fingerprint density at radius 1 is 0.972 bits per heavy atom. The van der Waals surface area contributed by atoms with Crippen LogP contribution in [0, 0.1) is 5.82 Å². The molecule has 0 saturated heterocycles. The van der Waals surface area contributed by atoms with Gasteiger partial charge in [-0.05, 0) is 60.7 Å². The maximum atomic E-state index is 14.6. The lowest BCUT2D eigenvalue weighted by Gasteiger charge is -2.20. The van der Waals surface area contributed by atoms with Crippen molar-refractivity contribution in [3.63, 3.8) is 0 Å². The van der Waals surface area contributed by atoms with Crippen LogP contribution in [-0.4, -0.2) is 36.0 Å². The molecule has 10 heteroatoms. The molecular weight excluding hydrogens is 485 g/mol. The minimum atomic E-state index is -0.621. The topological polar surface area (TPSA) is 96.5 Å². The number of carbonyl (C=O) groups excluding carboxylic acids is 2. The summed E-state index contributed by atoms with van der Waals surface area (Å²) < 4.78 is 19.3. The number of amides is 1. The van der Waals surface area contributed by atoms with Crippen LogP contribution in [0.25, 0.3) is 0 Å². The highest BCUT2D eigenvalue weighted by molar-refractivity contribution is 6.33. The number of nitrogens with one attached hydrogen (secondary N) is 2. The van der Waals surface area contributed by atoms with Crippen molar-refractivity contribution in [2.75, 3.05) is 29.7 Å². The third-order valence-corrected chi connectivity index (χ3v) is 5.57. The van der Waals surface area contributed by atoms with Crippen molar-refractivity contribution in [3.05, 3.63) is 101 Å². The number of rotatable bonds is 7. The Labute approximate surface area is 211 Å². The molecule has 0 spiro atoms. The van der Waals surface area contributed by atoms with Gasteiger partial charge in [0.1, 0.15) is 0 Å². The van der Waals surface area contributed by atoms with Gasteiger partial charge in [-0.25, -0.2) is 14.2 Å². The maximum absolute atomic E-state index is 14.6. The van der Waals surface area contributed by atoms with E-state index in [0.717, 1.165) is 6.20 Å². The SMILES string of the molecule is COC(=O)c1ccc(Nc2ncc(F)c(N(C)c3ccc(C(=O)Nc4ccccc4Cl)cc3)n2)cc1. The Balaban J connectivity index is 1.48. The fourth-order valence-corrected chi connectivity index (χ4v) is 3.49. The van der Waals surface area contributed by atoms with Gasteiger partial charge in [0.05, 0.1) is 29.6 Å². The van der Waals surface area contributed by atoms with Gasteiger partial charge < -0.3 is 20.3 Å². The molecule has 2 N–H and O–H groups in total. The normalized spacial score (nSPS) is 10.4. The number of esters is 1. The van der Waals surface area contributed by atoms with Crippen LogP contribution in [0.15, 0.2) is 79.0 Å². The van der Waals surface area contributed by atoms with E-state index in [1.807, 2.05) is 0 Å². The molecule has 0 unspecified atom stereocenters. The molecule has 0 bridgehead atoms. The van der Waals surface area contributed by atoms with E-state index in [9.17, 15) is 14.0 Å². The van der Waals surface area contributed by atoms with Crippen molar-refractivity contribution < 1.29 is 18.7 Å². The number of aromatic nitrogens is 2. The van der Waals surface area contributed by atoms with E-state index in [2.05, 4.69) is 25.3 Å². The minimum absolute atomic E-state index is 0.0342. The zero-order valence-corrected chi connectivity index (χ0v) is 20.1. The maximum Gasteiger partial charge on any atom is 0.337 e. The van der Waals surface area contributed by atoms with Gasteiger partial charge in [0.25, 0.3) is 5.91 Å². The summed E-state index contributed by atoms with van der Waals surface area (Å²) in [5.41, 5.74) is 2.53. The molecule has 0 atom stereocenters. The van der Waals surface area contributed by atoms with Crippen LogP contribution in [0.1, 0.15) is 20.7 Å². The number of halogens is 2. The van der Waals surface area contributed by atoms with Gasteiger partial charge in [0.2, 0.25) is 5.95 Å². The molecule has 8 nitrogen and oxygen atoms in total. The zero-order valence-electron chi connectivity index (χ0n) is 19.3. The van der Waals surface area contributed by atoms with Crippen molar-refractivity contribution in [1.29, 1.82) is 0 Å². The van der Waals surface area contributed by atoms with E-state index in [0.29, 0.717) is 33.2 Å². The van der Waals surface area contributed by atoms with Crippen LogP contribution in [0.4, 0.5) is 33.2 Å². The molecule has 0 saturated carbocycles. The Hall–Kier alpha value is -4.50. The number of hydrogen-bond acceptors (Lipinski definition) is 7. The number of anilines is 5. The predicted octanol–water partition coefficient (Wildman–Crippen LogP) is 5.82. The summed E-state index contributed by atoms with van der Waals surface area (Å²) in [6.45, 7) is 0. The van der Waals surface area contributed by atoms with Gasteiger partial charge in [-0.3, -0.25) is 4.79 Å². The summed E-state index contributed by atoms with van der Waals surface area (Å²) in [7, 11) is 2.96. The summed E-state index contributed by atoms with van der Waals surface area (Å²) in [5.74, 6) is -1.19. The minimum Gasteiger partial charge on any atom is -0.465 e. The van der Waals surface area contributed by atoms with Crippen LogP contribution in [0.2, 0.25) is 5.02 Å². The first-order chi connectivity index (χ1) is 17.4.